The smallest absolute Gasteiger partial charge is 0.320 e. The van der Waals surface area contributed by atoms with Gasteiger partial charge in [0.15, 0.2) is 0 Å². The van der Waals surface area contributed by atoms with Crippen LogP contribution in [0.2, 0.25) is 0 Å². The number of carbonyl (C=O) groups is 1. The normalized spacial score (nSPS) is 23.8. The highest BCUT2D eigenvalue weighted by Crippen LogP contribution is 2.46. The van der Waals surface area contributed by atoms with Crippen LogP contribution in [0.1, 0.15) is 22.9 Å². The van der Waals surface area contributed by atoms with Crippen LogP contribution in [0, 0.1) is 31.5 Å². The zero-order chi connectivity index (χ0) is 20.0. The molecule has 2 aromatic rings. The van der Waals surface area contributed by atoms with E-state index < -0.39 is 0 Å². The van der Waals surface area contributed by atoms with Gasteiger partial charge in [-0.05, 0) is 31.5 Å². The Balaban J connectivity index is 1.67. The Morgan fingerprint density at radius 3 is 2.68 bits per heavy atom. The fourth-order valence-corrected chi connectivity index (χ4v) is 4.63. The number of aromatic nitrogens is 2. The van der Waals surface area contributed by atoms with Crippen molar-refractivity contribution in [3.8, 4) is 0 Å². The van der Waals surface area contributed by atoms with E-state index in [0.29, 0.717) is 12.5 Å². The Kier molecular flexibility index (Phi) is 4.69. The Bertz CT molecular complexity index is 902. The molecule has 4 rings (SSSR count). The van der Waals surface area contributed by atoms with E-state index in [-0.39, 0.29) is 23.8 Å². The van der Waals surface area contributed by atoms with E-state index in [1.165, 1.54) is 6.07 Å². The molecule has 1 aromatic heterocycles. The highest BCUT2D eigenvalue weighted by Gasteiger charge is 2.50. The van der Waals surface area contributed by atoms with Crippen molar-refractivity contribution in [2.24, 2.45) is 11.8 Å². The van der Waals surface area contributed by atoms with Crippen molar-refractivity contribution in [2.45, 2.75) is 19.9 Å². The maximum atomic E-state index is 13.9. The molecule has 148 valence electrons. The molecule has 0 aliphatic carbocycles. The number of benzene rings is 1. The van der Waals surface area contributed by atoms with Crippen molar-refractivity contribution in [3.63, 3.8) is 0 Å². The van der Waals surface area contributed by atoms with Crippen LogP contribution in [0.3, 0.4) is 0 Å². The lowest BCUT2D eigenvalue weighted by molar-refractivity contribution is 0.159. The molecular weight excluding hydrogens is 357 g/mol. The predicted octanol–water partition coefficient (Wildman–Crippen LogP) is 3.02. The Morgan fingerprint density at radius 1 is 1.18 bits per heavy atom. The molecule has 3 atom stereocenters. The topological polar surface area (TPSA) is 52.6 Å². The molecule has 28 heavy (non-hydrogen) atoms. The Hall–Kier alpha value is -2.70. The van der Waals surface area contributed by atoms with E-state index in [4.69, 9.17) is 0 Å². The summed E-state index contributed by atoms with van der Waals surface area (Å²) >= 11 is 0. The summed E-state index contributed by atoms with van der Waals surface area (Å²) in [6.45, 7) is 6.34. The maximum Gasteiger partial charge on any atom is 0.320 e. The minimum atomic E-state index is -0.268. The second-order valence-electron chi connectivity index (χ2n) is 8.07. The average molecular weight is 383 g/mol. The quantitative estimate of drug-likeness (QED) is 0.800. The van der Waals surface area contributed by atoms with Crippen LogP contribution >= 0.6 is 0 Å². The van der Waals surface area contributed by atoms with Crippen LogP contribution in [-0.4, -0.2) is 59.5 Å². The molecule has 0 bridgehead atoms. The van der Waals surface area contributed by atoms with Crippen LogP contribution in [0.5, 0.6) is 0 Å². The molecule has 1 aromatic carbocycles. The van der Waals surface area contributed by atoms with Crippen molar-refractivity contribution in [1.82, 2.24) is 19.8 Å². The average Bonchev–Trinajstić information content (AvgIpc) is 3.20. The molecule has 2 aliphatic heterocycles. The highest BCUT2D eigenvalue weighted by molar-refractivity contribution is 5.75. The fraction of sp³-hybridized carbons (Fsp3) is 0.476. The van der Waals surface area contributed by atoms with E-state index in [2.05, 4.69) is 14.9 Å². The van der Waals surface area contributed by atoms with E-state index in [1.54, 1.807) is 37.5 Å². The standard InChI is InChI=1S/C21H26FN5O/c1-13-14(2)23-12-24-20(13)26-9-16-10-27(21(28)25(3)4)19(18(16)11-26)15-6-5-7-17(22)8-15/h5-8,12,16,18-19H,9-11H2,1-4H3/t16-,18-,19-/m1/s1. The molecule has 6 nitrogen and oxygen atoms in total. The number of carbonyl (C=O) groups excluding carboxylic acids is 1. The first-order valence-electron chi connectivity index (χ1n) is 9.63. The lowest BCUT2D eigenvalue weighted by Gasteiger charge is -2.32. The van der Waals surface area contributed by atoms with Crippen LogP contribution < -0.4 is 4.90 Å². The zero-order valence-corrected chi connectivity index (χ0v) is 16.8. The number of nitrogens with zero attached hydrogens (tertiary/aromatic N) is 5. The third-order valence-electron chi connectivity index (χ3n) is 6.09. The van der Waals surface area contributed by atoms with Gasteiger partial charge in [0.05, 0.1) is 6.04 Å². The van der Waals surface area contributed by atoms with E-state index >= 15 is 0 Å². The van der Waals surface area contributed by atoms with Gasteiger partial charge in [-0.25, -0.2) is 19.2 Å². The molecular formula is C21H26FN5O. The molecule has 0 unspecified atom stereocenters. The number of fused-ring (bicyclic) bond motifs is 1. The second-order valence-corrected chi connectivity index (χ2v) is 8.07. The number of rotatable bonds is 2. The van der Waals surface area contributed by atoms with E-state index in [9.17, 15) is 9.18 Å². The van der Waals surface area contributed by atoms with Crippen molar-refractivity contribution >= 4 is 11.8 Å². The SMILES string of the molecule is Cc1ncnc(N2C[C@@H]3CN(C(=O)N(C)C)[C@H](c4cccc(F)c4)[C@@H]3C2)c1C. The molecule has 2 aliphatic rings. The number of likely N-dealkylation sites (tertiary alicyclic amines) is 1. The van der Waals surface area contributed by atoms with Gasteiger partial charge in [0.2, 0.25) is 0 Å². The maximum absolute atomic E-state index is 13.9. The lowest BCUT2D eigenvalue weighted by atomic mass is 9.89. The number of aryl methyl sites for hydroxylation is 1. The van der Waals surface area contributed by atoms with Gasteiger partial charge in [0.25, 0.3) is 0 Å². The van der Waals surface area contributed by atoms with Crippen molar-refractivity contribution in [1.29, 1.82) is 0 Å². The van der Waals surface area contributed by atoms with Gasteiger partial charge in [0, 0.05) is 56.8 Å². The minimum Gasteiger partial charge on any atom is -0.356 e. The molecule has 3 heterocycles. The first-order chi connectivity index (χ1) is 13.4. The van der Waals surface area contributed by atoms with Gasteiger partial charge in [0.1, 0.15) is 18.0 Å². The summed E-state index contributed by atoms with van der Waals surface area (Å²) in [7, 11) is 3.52. The first kappa shape index (κ1) is 18.7. The predicted molar refractivity (Wildman–Crippen MR) is 106 cm³/mol. The van der Waals surface area contributed by atoms with Crippen LogP contribution in [0.4, 0.5) is 15.0 Å². The lowest BCUT2D eigenvalue weighted by Crippen LogP contribution is -2.41. The summed E-state index contributed by atoms with van der Waals surface area (Å²) < 4.78 is 13.9. The van der Waals surface area contributed by atoms with Gasteiger partial charge in [-0.2, -0.15) is 0 Å². The van der Waals surface area contributed by atoms with Gasteiger partial charge < -0.3 is 14.7 Å². The fourth-order valence-electron chi connectivity index (χ4n) is 4.63. The molecule has 0 saturated carbocycles. The molecule has 0 spiro atoms. The Labute approximate surface area is 165 Å². The number of amides is 2. The summed E-state index contributed by atoms with van der Waals surface area (Å²) in [6.07, 6.45) is 1.61. The summed E-state index contributed by atoms with van der Waals surface area (Å²) in [5.74, 6) is 1.26. The van der Waals surface area contributed by atoms with Crippen molar-refractivity contribution in [3.05, 3.63) is 53.2 Å². The minimum absolute atomic E-state index is 0.0238. The van der Waals surface area contributed by atoms with Gasteiger partial charge in [-0.15, -0.1) is 0 Å². The Morgan fingerprint density at radius 2 is 1.96 bits per heavy atom. The molecule has 7 heteroatoms. The largest absolute Gasteiger partial charge is 0.356 e. The number of hydrogen-bond acceptors (Lipinski definition) is 4. The number of anilines is 1. The summed E-state index contributed by atoms with van der Waals surface area (Å²) in [6, 6.07) is 6.50. The number of halogens is 1. The summed E-state index contributed by atoms with van der Waals surface area (Å²) in [5, 5.41) is 0. The summed E-state index contributed by atoms with van der Waals surface area (Å²) in [4.78, 5) is 27.4. The van der Waals surface area contributed by atoms with Crippen molar-refractivity contribution < 1.29 is 9.18 Å². The third-order valence-corrected chi connectivity index (χ3v) is 6.09. The monoisotopic (exact) mass is 383 g/mol. The van der Waals surface area contributed by atoms with E-state index in [0.717, 1.165) is 35.7 Å². The zero-order valence-electron chi connectivity index (χ0n) is 16.8. The summed E-state index contributed by atoms with van der Waals surface area (Å²) in [5.41, 5.74) is 2.93. The number of hydrogen-bond donors (Lipinski definition) is 0. The third kappa shape index (κ3) is 3.08. The molecule has 0 N–H and O–H groups in total. The van der Waals surface area contributed by atoms with Gasteiger partial charge in [-0.3, -0.25) is 0 Å². The molecule has 0 radical (unpaired) electrons. The van der Waals surface area contributed by atoms with Crippen molar-refractivity contribution in [2.75, 3.05) is 38.6 Å². The molecule has 2 fully saturated rings. The van der Waals surface area contributed by atoms with Gasteiger partial charge in [-0.1, -0.05) is 12.1 Å². The first-order valence-corrected chi connectivity index (χ1v) is 9.63. The van der Waals surface area contributed by atoms with E-state index in [1.807, 2.05) is 24.8 Å². The van der Waals surface area contributed by atoms with Crippen LogP contribution in [-0.2, 0) is 0 Å². The van der Waals surface area contributed by atoms with Gasteiger partial charge >= 0.3 is 6.03 Å². The highest BCUT2D eigenvalue weighted by atomic mass is 19.1. The number of urea groups is 1. The molecule has 2 amide bonds. The second kappa shape index (κ2) is 7.04. The van der Waals surface area contributed by atoms with Crippen LogP contribution in [0.25, 0.3) is 0 Å². The molecule has 2 saturated heterocycles. The van der Waals surface area contributed by atoms with Crippen LogP contribution in [0.15, 0.2) is 30.6 Å².